The van der Waals surface area contributed by atoms with Crippen LogP contribution in [0.15, 0.2) is 84.9 Å². The molecule has 0 aromatic heterocycles. The highest BCUT2D eigenvalue weighted by molar-refractivity contribution is 5.48. The number of nitrogens with zero attached hydrogens (tertiary/aromatic N) is 2. The fraction of sp³-hybridized carbons (Fsp3) is 0.286. The Hall–Kier alpha value is -2.86. The van der Waals surface area contributed by atoms with E-state index in [2.05, 4.69) is 15.9 Å². The van der Waals surface area contributed by atoms with Crippen LogP contribution in [-0.2, 0) is 4.74 Å². The third-order valence-corrected chi connectivity index (χ3v) is 5.98. The zero-order valence-corrected chi connectivity index (χ0v) is 18.7. The number of benzene rings is 3. The molecular weight excluding hydrogens is 418 g/mol. The maximum atomic E-state index is 13.4. The Kier molecular flexibility index (Phi) is 8.36. The molecule has 0 amide bonds. The van der Waals surface area contributed by atoms with Crippen molar-refractivity contribution in [2.45, 2.75) is 6.10 Å². The minimum atomic E-state index is -0.240. The molecule has 1 aliphatic rings. The Morgan fingerprint density at radius 1 is 0.727 bits per heavy atom. The average Bonchev–Trinajstić information content (AvgIpc) is 2.85. The zero-order valence-electron chi connectivity index (χ0n) is 18.7. The lowest BCUT2D eigenvalue weighted by molar-refractivity contribution is 0.0467. The minimum absolute atomic E-state index is 0.204. The molecule has 172 valence electrons. The lowest BCUT2D eigenvalue weighted by Crippen LogP contribution is -2.47. The molecule has 0 aliphatic carbocycles. The molecule has 0 spiro atoms. The largest absolute Gasteiger partial charge is 0.367 e. The number of halogens is 2. The first-order valence-electron chi connectivity index (χ1n) is 11.5. The summed E-state index contributed by atoms with van der Waals surface area (Å²) in [5, 5.41) is 0. The molecule has 1 fully saturated rings. The van der Waals surface area contributed by atoms with Gasteiger partial charge in [0.25, 0.3) is 0 Å². The Morgan fingerprint density at radius 3 is 1.97 bits per heavy atom. The van der Waals surface area contributed by atoms with E-state index in [-0.39, 0.29) is 17.7 Å². The first kappa shape index (κ1) is 23.3. The quantitative estimate of drug-likeness (QED) is 0.436. The molecular formula is C28H30F2N2O. The van der Waals surface area contributed by atoms with Crippen LogP contribution in [-0.4, -0.2) is 55.7 Å². The Bertz CT molecular complexity index is 998. The van der Waals surface area contributed by atoms with Gasteiger partial charge in [-0.25, -0.2) is 8.78 Å². The first-order chi connectivity index (χ1) is 16.2. The van der Waals surface area contributed by atoms with E-state index in [1.807, 2.05) is 36.4 Å². The fourth-order valence-corrected chi connectivity index (χ4v) is 4.06. The van der Waals surface area contributed by atoms with E-state index in [0.29, 0.717) is 6.61 Å². The van der Waals surface area contributed by atoms with Crippen molar-refractivity contribution in [3.05, 3.63) is 113 Å². The molecule has 3 aromatic rings. The molecule has 33 heavy (non-hydrogen) atoms. The normalized spacial score (nSPS) is 16.3. The zero-order chi connectivity index (χ0) is 22.9. The summed E-state index contributed by atoms with van der Waals surface area (Å²) in [5.41, 5.74) is 3.04. The average molecular weight is 449 g/mol. The topological polar surface area (TPSA) is 15.7 Å². The lowest BCUT2D eigenvalue weighted by atomic mass is 10.0. The predicted octanol–water partition coefficient (Wildman–Crippen LogP) is 5.40. The summed E-state index contributed by atoms with van der Waals surface area (Å²) in [4.78, 5) is 4.84. The van der Waals surface area contributed by atoms with Crippen molar-refractivity contribution < 1.29 is 13.5 Å². The lowest BCUT2D eigenvalue weighted by Gasteiger charge is -2.34. The molecule has 5 heteroatoms. The summed E-state index contributed by atoms with van der Waals surface area (Å²) in [5.74, 6) is -0.448. The van der Waals surface area contributed by atoms with Gasteiger partial charge in [0, 0.05) is 39.3 Å². The van der Waals surface area contributed by atoms with E-state index in [1.165, 1.54) is 24.3 Å². The van der Waals surface area contributed by atoms with Gasteiger partial charge in [-0.15, -0.1) is 0 Å². The van der Waals surface area contributed by atoms with Gasteiger partial charge in [-0.2, -0.15) is 0 Å². The summed E-state index contributed by atoms with van der Waals surface area (Å²) in [6, 6.07) is 23.2. The van der Waals surface area contributed by atoms with E-state index in [1.54, 1.807) is 24.3 Å². The minimum Gasteiger partial charge on any atom is -0.367 e. The van der Waals surface area contributed by atoms with E-state index in [0.717, 1.165) is 56.0 Å². The molecule has 0 radical (unpaired) electrons. The van der Waals surface area contributed by atoms with Crippen molar-refractivity contribution in [1.82, 2.24) is 9.80 Å². The van der Waals surface area contributed by atoms with E-state index in [4.69, 9.17) is 4.74 Å². The van der Waals surface area contributed by atoms with Gasteiger partial charge in [0.05, 0.1) is 6.61 Å². The first-order valence-corrected chi connectivity index (χ1v) is 11.5. The van der Waals surface area contributed by atoms with Crippen molar-refractivity contribution >= 4 is 6.08 Å². The molecule has 1 unspecified atom stereocenters. The van der Waals surface area contributed by atoms with Gasteiger partial charge in [0.2, 0.25) is 0 Å². The molecule has 3 nitrogen and oxygen atoms in total. The number of hydrogen-bond acceptors (Lipinski definition) is 3. The van der Waals surface area contributed by atoms with Gasteiger partial charge < -0.3 is 4.74 Å². The van der Waals surface area contributed by atoms with Crippen LogP contribution in [0.5, 0.6) is 0 Å². The van der Waals surface area contributed by atoms with Crippen molar-refractivity contribution in [1.29, 1.82) is 0 Å². The second-order valence-corrected chi connectivity index (χ2v) is 8.31. The van der Waals surface area contributed by atoms with Crippen LogP contribution in [0.1, 0.15) is 22.8 Å². The molecule has 4 rings (SSSR count). The summed E-state index contributed by atoms with van der Waals surface area (Å²) < 4.78 is 32.7. The van der Waals surface area contributed by atoms with Gasteiger partial charge >= 0.3 is 0 Å². The maximum absolute atomic E-state index is 13.4. The molecule has 0 N–H and O–H groups in total. The SMILES string of the molecule is Fc1ccc(/C=C/CN2CCN(CCOC(c3ccccc3)c3ccc(F)cc3)CC2)cc1. The van der Waals surface area contributed by atoms with Crippen LogP contribution in [0.3, 0.4) is 0 Å². The molecule has 0 bridgehead atoms. The third-order valence-electron chi connectivity index (χ3n) is 5.98. The Balaban J connectivity index is 1.23. The van der Waals surface area contributed by atoms with Gasteiger partial charge in [0.1, 0.15) is 17.7 Å². The van der Waals surface area contributed by atoms with Crippen LogP contribution in [0.4, 0.5) is 8.78 Å². The number of rotatable bonds is 9. The molecule has 1 heterocycles. The number of ether oxygens (including phenoxy) is 1. The van der Waals surface area contributed by atoms with Crippen molar-refractivity contribution in [3.63, 3.8) is 0 Å². The fourth-order valence-electron chi connectivity index (χ4n) is 4.06. The second kappa shape index (κ2) is 11.8. The van der Waals surface area contributed by atoms with Crippen molar-refractivity contribution in [2.24, 2.45) is 0 Å². The molecule has 1 aliphatic heterocycles. The summed E-state index contributed by atoms with van der Waals surface area (Å²) >= 11 is 0. The monoisotopic (exact) mass is 448 g/mol. The number of hydrogen-bond donors (Lipinski definition) is 0. The van der Waals surface area contributed by atoms with E-state index in [9.17, 15) is 8.78 Å². The maximum Gasteiger partial charge on any atom is 0.123 e. The van der Waals surface area contributed by atoms with Crippen LogP contribution < -0.4 is 0 Å². The Labute approximate surface area is 194 Å². The standard InChI is InChI=1S/C28H30F2N2O/c29-26-12-8-23(9-13-26)5-4-16-31-17-19-32(20-18-31)21-22-33-28(24-6-2-1-3-7-24)25-10-14-27(30)15-11-25/h1-15,28H,16-22H2/b5-4+. The number of piperazine rings is 1. The smallest absolute Gasteiger partial charge is 0.123 e. The summed E-state index contributed by atoms with van der Waals surface area (Å²) in [6.07, 6.45) is 3.97. The van der Waals surface area contributed by atoms with Crippen LogP contribution >= 0.6 is 0 Å². The Morgan fingerprint density at radius 2 is 1.30 bits per heavy atom. The van der Waals surface area contributed by atoms with E-state index >= 15 is 0 Å². The van der Waals surface area contributed by atoms with Crippen LogP contribution in [0.2, 0.25) is 0 Å². The third kappa shape index (κ3) is 7.06. The van der Waals surface area contributed by atoms with Gasteiger partial charge in [-0.05, 0) is 41.0 Å². The predicted molar refractivity (Wildman–Crippen MR) is 129 cm³/mol. The molecule has 3 aromatic carbocycles. The van der Waals surface area contributed by atoms with Gasteiger partial charge in [-0.1, -0.05) is 66.7 Å². The summed E-state index contributed by atoms with van der Waals surface area (Å²) in [7, 11) is 0. The van der Waals surface area contributed by atoms with Crippen LogP contribution in [0.25, 0.3) is 6.08 Å². The van der Waals surface area contributed by atoms with Crippen molar-refractivity contribution in [3.8, 4) is 0 Å². The molecule has 1 saturated heterocycles. The summed E-state index contributed by atoms with van der Waals surface area (Å²) in [6.45, 7) is 6.38. The van der Waals surface area contributed by atoms with Crippen LogP contribution in [0, 0.1) is 11.6 Å². The molecule has 1 atom stereocenters. The highest BCUT2D eigenvalue weighted by atomic mass is 19.1. The molecule has 0 saturated carbocycles. The highest BCUT2D eigenvalue weighted by Gasteiger charge is 2.18. The highest BCUT2D eigenvalue weighted by Crippen LogP contribution is 2.26. The second-order valence-electron chi connectivity index (χ2n) is 8.31. The van der Waals surface area contributed by atoms with Gasteiger partial charge in [-0.3, -0.25) is 9.80 Å². The van der Waals surface area contributed by atoms with Gasteiger partial charge in [0.15, 0.2) is 0 Å². The van der Waals surface area contributed by atoms with E-state index < -0.39 is 0 Å². The van der Waals surface area contributed by atoms with Crippen molar-refractivity contribution in [2.75, 3.05) is 45.9 Å².